The summed E-state index contributed by atoms with van der Waals surface area (Å²) in [6.45, 7) is 12.9. The number of hydrogen-bond donors (Lipinski definition) is 0. The van der Waals surface area contributed by atoms with Crippen LogP contribution in [-0.2, 0) is 28.6 Å². The van der Waals surface area contributed by atoms with Crippen LogP contribution in [0.5, 0.6) is 0 Å². The Kier molecular flexibility index (Phi) is 10.5. The van der Waals surface area contributed by atoms with E-state index < -0.39 is 40.4 Å². The topological polar surface area (TPSA) is 78.9 Å². The predicted molar refractivity (Wildman–Crippen MR) is 154 cm³/mol. The molecule has 0 amide bonds. The van der Waals surface area contributed by atoms with Gasteiger partial charge in [-0.15, -0.1) is 0 Å². The van der Waals surface area contributed by atoms with Gasteiger partial charge in [-0.1, -0.05) is 0 Å². The molecule has 0 bridgehead atoms. The molecular weight excluding hydrogens is 626 g/mol. The van der Waals surface area contributed by atoms with E-state index in [2.05, 4.69) is 24.3 Å². The first-order valence-electron chi connectivity index (χ1n) is 13.3. The molecule has 6 nitrogen and oxygen atoms in total. The van der Waals surface area contributed by atoms with Crippen molar-refractivity contribution in [3.8, 4) is 0 Å². The number of rotatable bonds is 9. The van der Waals surface area contributed by atoms with Crippen molar-refractivity contribution in [2.45, 2.75) is 76.2 Å². The number of ether oxygens (including phenoxy) is 3. The molecule has 8 heteroatoms. The van der Waals surface area contributed by atoms with Crippen LogP contribution in [0, 0.1) is 17.3 Å². The van der Waals surface area contributed by atoms with Crippen LogP contribution >= 0.6 is 0 Å². The van der Waals surface area contributed by atoms with Gasteiger partial charge in [0, 0.05) is 0 Å². The zero-order chi connectivity index (χ0) is 28.8. The Labute approximate surface area is 245 Å². The Balaban J connectivity index is 2.18. The summed E-state index contributed by atoms with van der Waals surface area (Å²) in [6.07, 6.45) is 0.382. The molecule has 0 heterocycles. The van der Waals surface area contributed by atoms with Crippen molar-refractivity contribution in [2.24, 2.45) is 17.3 Å². The molecule has 0 N–H and O–H groups in total. The molecular formula is C31H40O6Se2. The fourth-order valence-corrected chi connectivity index (χ4v) is 12.5. The first kappa shape index (κ1) is 31.4. The van der Waals surface area contributed by atoms with Gasteiger partial charge in [0.15, 0.2) is 0 Å². The van der Waals surface area contributed by atoms with Crippen molar-refractivity contribution < 1.29 is 28.6 Å². The van der Waals surface area contributed by atoms with E-state index in [0.717, 1.165) is 8.92 Å². The fourth-order valence-electron chi connectivity index (χ4n) is 4.70. The molecule has 2 aromatic rings. The molecule has 0 radical (unpaired) electrons. The van der Waals surface area contributed by atoms with Gasteiger partial charge in [-0.05, 0) is 0 Å². The molecule has 0 spiro atoms. The summed E-state index contributed by atoms with van der Waals surface area (Å²) in [5, 5.41) is 0. The van der Waals surface area contributed by atoms with E-state index >= 15 is 0 Å². The van der Waals surface area contributed by atoms with E-state index in [0.29, 0.717) is 0 Å². The monoisotopic (exact) mass is 668 g/mol. The van der Waals surface area contributed by atoms with Crippen LogP contribution in [-0.4, -0.2) is 65.6 Å². The molecule has 1 fully saturated rings. The van der Waals surface area contributed by atoms with Gasteiger partial charge < -0.3 is 0 Å². The summed E-state index contributed by atoms with van der Waals surface area (Å²) in [6, 6.07) is 20.2. The van der Waals surface area contributed by atoms with Gasteiger partial charge in [-0.2, -0.15) is 0 Å². The van der Waals surface area contributed by atoms with Crippen LogP contribution in [0.15, 0.2) is 60.7 Å². The van der Waals surface area contributed by atoms with Crippen LogP contribution < -0.4 is 8.92 Å². The number of esters is 3. The second kappa shape index (κ2) is 13.0. The normalized spacial score (nSPS) is 21.4. The molecule has 39 heavy (non-hydrogen) atoms. The van der Waals surface area contributed by atoms with Gasteiger partial charge in [-0.3, -0.25) is 0 Å². The maximum absolute atomic E-state index is 14.2. The minimum absolute atomic E-state index is 0.183. The zero-order valence-corrected chi connectivity index (χ0v) is 27.3. The van der Waals surface area contributed by atoms with Gasteiger partial charge in [0.2, 0.25) is 0 Å². The van der Waals surface area contributed by atoms with E-state index in [4.69, 9.17) is 14.2 Å². The summed E-state index contributed by atoms with van der Waals surface area (Å²) in [7, 11) is 0. The Morgan fingerprint density at radius 1 is 0.821 bits per heavy atom. The molecule has 0 aromatic heterocycles. The molecule has 0 unspecified atom stereocenters. The summed E-state index contributed by atoms with van der Waals surface area (Å²) in [5.41, 5.74) is -2.65. The Morgan fingerprint density at radius 3 is 1.72 bits per heavy atom. The van der Waals surface area contributed by atoms with Crippen molar-refractivity contribution in [2.75, 3.05) is 6.61 Å². The van der Waals surface area contributed by atoms with E-state index in [1.807, 2.05) is 77.9 Å². The molecule has 2 aromatic carbocycles. The number of carbonyl (C=O) groups is 3. The molecule has 1 aliphatic carbocycles. The van der Waals surface area contributed by atoms with Crippen LogP contribution in [0.1, 0.15) is 61.3 Å². The maximum atomic E-state index is 14.2. The first-order chi connectivity index (χ1) is 18.2. The number of carbonyl (C=O) groups excluding carboxylic acids is 3. The molecule has 1 aliphatic rings. The van der Waals surface area contributed by atoms with Crippen molar-refractivity contribution >= 4 is 56.7 Å². The third-order valence-electron chi connectivity index (χ3n) is 6.21. The van der Waals surface area contributed by atoms with E-state index in [-0.39, 0.29) is 59.0 Å². The third-order valence-corrected chi connectivity index (χ3v) is 13.3. The quantitative estimate of drug-likeness (QED) is 0.229. The minimum atomic E-state index is -1.22. The van der Waals surface area contributed by atoms with Crippen molar-refractivity contribution in [1.29, 1.82) is 0 Å². The van der Waals surface area contributed by atoms with Gasteiger partial charge in [0.1, 0.15) is 0 Å². The molecule has 212 valence electrons. The molecule has 0 saturated heterocycles. The fraction of sp³-hybridized carbons (Fsp3) is 0.516. The SMILES string of the molecule is CCOC(=O)[C@]1(C([Se]c2ccccc2)[Se]c2ccccc2)C[C@@H](C(=O)OC(C)(C)C)C[C@@H]1C(=O)OC(C)(C)C. The standard InChI is InChI=1S/C31H40O6Se2/c1-8-35-27(34)31(28(38-22-15-11-9-12-16-22)39-23-17-13-10-14-18-23)20-21(25(32)36-29(2,3)4)19-24(31)26(33)37-30(5,6)7/h9-18,21,24,28H,8,19-20H2,1-7H3/t21-,24+,31-/m0/s1. The van der Waals surface area contributed by atoms with Crippen LogP contribution in [0.2, 0.25) is 3.71 Å². The summed E-state index contributed by atoms with van der Waals surface area (Å²) >= 11 is -0.375. The van der Waals surface area contributed by atoms with Crippen LogP contribution in [0.25, 0.3) is 0 Å². The first-order valence-corrected chi connectivity index (χ1v) is 17.0. The average Bonchev–Trinajstić information content (AvgIpc) is 3.26. The average molecular weight is 667 g/mol. The number of benzene rings is 2. The van der Waals surface area contributed by atoms with Crippen LogP contribution in [0.3, 0.4) is 0 Å². The van der Waals surface area contributed by atoms with Gasteiger partial charge in [-0.25, -0.2) is 0 Å². The molecule has 0 aliphatic heterocycles. The second-order valence-electron chi connectivity index (χ2n) is 11.7. The second-order valence-corrected chi connectivity index (χ2v) is 18.2. The Bertz CT molecular complexity index is 1080. The van der Waals surface area contributed by atoms with Gasteiger partial charge in [0.25, 0.3) is 0 Å². The van der Waals surface area contributed by atoms with E-state index in [1.54, 1.807) is 6.92 Å². The predicted octanol–water partition coefficient (Wildman–Crippen LogP) is 4.05. The van der Waals surface area contributed by atoms with Crippen LogP contribution in [0.4, 0.5) is 0 Å². The van der Waals surface area contributed by atoms with E-state index in [1.165, 1.54) is 0 Å². The third kappa shape index (κ3) is 8.44. The van der Waals surface area contributed by atoms with Gasteiger partial charge >= 0.3 is 246 Å². The molecule has 3 atom stereocenters. The van der Waals surface area contributed by atoms with Gasteiger partial charge in [0.05, 0.1) is 0 Å². The van der Waals surface area contributed by atoms with E-state index in [9.17, 15) is 14.4 Å². The van der Waals surface area contributed by atoms with Crippen molar-refractivity contribution in [1.82, 2.24) is 0 Å². The summed E-state index contributed by atoms with van der Waals surface area (Å²) < 4.78 is 19.5. The number of hydrogen-bond acceptors (Lipinski definition) is 6. The Hall–Kier alpha value is -2.11. The summed E-state index contributed by atoms with van der Waals surface area (Å²) in [5.74, 6) is -2.71. The summed E-state index contributed by atoms with van der Waals surface area (Å²) in [4.78, 5) is 41.4. The van der Waals surface area contributed by atoms with Crippen molar-refractivity contribution in [3.05, 3.63) is 60.7 Å². The molecule has 1 saturated carbocycles. The molecule has 3 rings (SSSR count). The van der Waals surface area contributed by atoms with Crippen molar-refractivity contribution in [3.63, 3.8) is 0 Å². The Morgan fingerprint density at radius 2 is 1.28 bits per heavy atom. The zero-order valence-electron chi connectivity index (χ0n) is 23.9.